The fourth-order valence-electron chi connectivity index (χ4n) is 3.27. The molecular weight excluding hydrogens is 270 g/mol. The third-order valence-corrected chi connectivity index (χ3v) is 4.56. The summed E-state index contributed by atoms with van der Waals surface area (Å²) in [5.41, 5.74) is 0. The maximum atomic E-state index is 5.50. The summed E-state index contributed by atoms with van der Waals surface area (Å²) in [5, 5.41) is 7.52. The lowest BCUT2D eigenvalue weighted by Crippen LogP contribution is -2.47. The molecule has 6 heteroatoms. The van der Waals surface area contributed by atoms with Crippen LogP contribution in [0.2, 0.25) is 0 Å². The zero-order valence-corrected chi connectivity index (χ0v) is 12.7. The van der Waals surface area contributed by atoms with Crippen LogP contribution in [0.5, 0.6) is 0 Å². The molecule has 0 radical (unpaired) electrons. The first-order valence-corrected chi connectivity index (χ1v) is 8.03. The Kier molecular flexibility index (Phi) is 5.22. The van der Waals surface area contributed by atoms with Crippen molar-refractivity contribution in [1.29, 1.82) is 0 Å². The molecule has 6 nitrogen and oxygen atoms in total. The van der Waals surface area contributed by atoms with Crippen molar-refractivity contribution >= 4 is 0 Å². The SMILES string of the molecule is CO[C@@H]1CCOC[C@H]1NCc1noc(C2CCCCC2)n1. The van der Waals surface area contributed by atoms with Crippen LogP contribution in [-0.4, -0.2) is 42.6 Å². The van der Waals surface area contributed by atoms with Crippen LogP contribution in [0.4, 0.5) is 0 Å². The van der Waals surface area contributed by atoms with Crippen molar-refractivity contribution < 1.29 is 14.0 Å². The van der Waals surface area contributed by atoms with Gasteiger partial charge in [0.05, 0.1) is 25.3 Å². The van der Waals surface area contributed by atoms with E-state index in [0.717, 1.165) is 24.7 Å². The number of rotatable bonds is 5. The lowest BCUT2D eigenvalue weighted by molar-refractivity contribution is -0.0375. The molecule has 0 aromatic carbocycles. The van der Waals surface area contributed by atoms with Crippen LogP contribution in [0, 0.1) is 0 Å². The van der Waals surface area contributed by atoms with E-state index in [1.54, 1.807) is 7.11 Å². The predicted octanol–water partition coefficient (Wildman–Crippen LogP) is 2.01. The number of methoxy groups -OCH3 is 1. The molecule has 2 atom stereocenters. The number of hydrogen-bond acceptors (Lipinski definition) is 6. The lowest BCUT2D eigenvalue weighted by Gasteiger charge is -2.30. The Bertz CT molecular complexity index is 432. The summed E-state index contributed by atoms with van der Waals surface area (Å²) < 4.78 is 16.4. The van der Waals surface area contributed by atoms with Crippen molar-refractivity contribution in [3.63, 3.8) is 0 Å². The number of nitrogens with zero attached hydrogens (tertiary/aromatic N) is 2. The Balaban J connectivity index is 1.52. The first kappa shape index (κ1) is 14.9. The molecule has 3 rings (SSSR count). The van der Waals surface area contributed by atoms with Crippen molar-refractivity contribution in [2.24, 2.45) is 0 Å². The van der Waals surface area contributed by atoms with Crippen molar-refractivity contribution in [2.45, 2.75) is 63.1 Å². The minimum atomic E-state index is 0.195. The van der Waals surface area contributed by atoms with Gasteiger partial charge in [-0.15, -0.1) is 0 Å². The summed E-state index contributed by atoms with van der Waals surface area (Å²) in [6.45, 7) is 2.04. The molecule has 21 heavy (non-hydrogen) atoms. The third-order valence-electron chi connectivity index (χ3n) is 4.56. The molecule has 0 amide bonds. The molecule has 1 aliphatic heterocycles. The van der Waals surface area contributed by atoms with Crippen LogP contribution in [-0.2, 0) is 16.0 Å². The lowest BCUT2D eigenvalue weighted by atomic mass is 9.89. The zero-order chi connectivity index (χ0) is 14.5. The van der Waals surface area contributed by atoms with E-state index in [2.05, 4.69) is 15.5 Å². The standard InChI is InChI=1S/C15H25N3O3/c1-19-13-7-8-20-10-12(13)16-9-14-17-15(21-18-14)11-5-3-2-4-6-11/h11-13,16H,2-10H2,1H3/t12-,13-/m1/s1. The maximum absolute atomic E-state index is 5.50. The Labute approximate surface area is 125 Å². The Morgan fingerprint density at radius 1 is 1.24 bits per heavy atom. The van der Waals surface area contributed by atoms with E-state index in [1.807, 2.05) is 0 Å². The minimum Gasteiger partial charge on any atom is -0.380 e. The van der Waals surface area contributed by atoms with Crippen LogP contribution in [0.15, 0.2) is 4.52 Å². The average molecular weight is 295 g/mol. The smallest absolute Gasteiger partial charge is 0.229 e. The molecule has 1 saturated heterocycles. The van der Waals surface area contributed by atoms with Crippen LogP contribution in [0.25, 0.3) is 0 Å². The van der Waals surface area contributed by atoms with Crippen LogP contribution in [0.3, 0.4) is 0 Å². The van der Waals surface area contributed by atoms with Gasteiger partial charge in [0.25, 0.3) is 0 Å². The molecule has 2 aliphatic rings. The molecular formula is C15H25N3O3. The minimum absolute atomic E-state index is 0.195. The van der Waals surface area contributed by atoms with E-state index in [0.29, 0.717) is 19.1 Å². The van der Waals surface area contributed by atoms with Crippen molar-refractivity contribution in [2.75, 3.05) is 20.3 Å². The van der Waals surface area contributed by atoms with Gasteiger partial charge in [0.2, 0.25) is 5.89 Å². The molecule has 2 fully saturated rings. The Morgan fingerprint density at radius 2 is 2.10 bits per heavy atom. The molecule has 1 saturated carbocycles. The van der Waals surface area contributed by atoms with Crippen LogP contribution >= 0.6 is 0 Å². The highest BCUT2D eigenvalue weighted by molar-refractivity contribution is 4.96. The first-order chi connectivity index (χ1) is 10.4. The molecule has 1 aromatic rings. The van der Waals surface area contributed by atoms with Gasteiger partial charge < -0.3 is 19.3 Å². The van der Waals surface area contributed by atoms with Gasteiger partial charge in [0, 0.05) is 19.6 Å². The fourth-order valence-corrected chi connectivity index (χ4v) is 3.27. The summed E-state index contributed by atoms with van der Waals surface area (Å²) in [7, 11) is 1.75. The molecule has 118 valence electrons. The summed E-state index contributed by atoms with van der Waals surface area (Å²) in [6.07, 6.45) is 7.36. The van der Waals surface area contributed by atoms with Gasteiger partial charge in [0.1, 0.15) is 0 Å². The fraction of sp³-hybridized carbons (Fsp3) is 0.867. The molecule has 2 heterocycles. The summed E-state index contributed by atoms with van der Waals surface area (Å²) >= 11 is 0. The van der Waals surface area contributed by atoms with E-state index >= 15 is 0 Å². The van der Waals surface area contributed by atoms with E-state index in [4.69, 9.17) is 14.0 Å². The second-order valence-electron chi connectivity index (χ2n) is 6.01. The van der Waals surface area contributed by atoms with Crippen molar-refractivity contribution in [3.05, 3.63) is 11.7 Å². The van der Waals surface area contributed by atoms with Gasteiger partial charge in [-0.05, 0) is 19.3 Å². The van der Waals surface area contributed by atoms with Crippen molar-refractivity contribution in [1.82, 2.24) is 15.5 Å². The zero-order valence-electron chi connectivity index (χ0n) is 12.7. The van der Waals surface area contributed by atoms with E-state index in [1.165, 1.54) is 32.1 Å². The molecule has 1 N–H and O–H groups in total. The molecule has 0 unspecified atom stereocenters. The largest absolute Gasteiger partial charge is 0.380 e. The topological polar surface area (TPSA) is 69.4 Å². The average Bonchev–Trinajstić information content (AvgIpc) is 3.03. The van der Waals surface area contributed by atoms with Crippen molar-refractivity contribution in [3.8, 4) is 0 Å². The number of hydrogen-bond donors (Lipinski definition) is 1. The van der Waals surface area contributed by atoms with E-state index < -0.39 is 0 Å². The normalized spacial score (nSPS) is 27.9. The Hall–Kier alpha value is -0.980. The van der Waals surface area contributed by atoms with Gasteiger partial charge in [-0.25, -0.2) is 0 Å². The van der Waals surface area contributed by atoms with Gasteiger partial charge in [-0.2, -0.15) is 4.98 Å². The number of nitrogens with one attached hydrogen (secondary N) is 1. The van der Waals surface area contributed by atoms with Gasteiger partial charge >= 0.3 is 0 Å². The second kappa shape index (κ2) is 7.33. The van der Waals surface area contributed by atoms with E-state index in [-0.39, 0.29) is 12.1 Å². The van der Waals surface area contributed by atoms with Crippen LogP contribution in [0.1, 0.15) is 56.2 Å². The van der Waals surface area contributed by atoms with Gasteiger partial charge in [-0.1, -0.05) is 24.4 Å². The molecule has 0 bridgehead atoms. The number of ether oxygens (including phenoxy) is 2. The Morgan fingerprint density at radius 3 is 2.90 bits per heavy atom. The summed E-state index contributed by atoms with van der Waals surface area (Å²) in [5.74, 6) is 2.01. The third kappa shape index (κ3) is 3.81. The highest BCUT2D eigenvalue weighted by atomic mass is 16.5. The molecule has 0 spiro atoms. The quantitative estimate of drug-likeness (QED) is 0.896. The van der Waals surface area contributed by atoms with Crippen LogP contribution < -0.4 is 5.32 Å². The predicted molar refractivity (Wildman–Crippen MR) is 77.0 cm³/mol. The monoisotopic (exact) mass is 295 g/mol. The van der Waals surface area contributed by atoms with Gasteiger partial charge in [0.15, 0.2) is 5.82 Å². The second-order valence-corrected chi connectivity index (χ2v) is 6.01. The first-order valence-electron chi connectivity index (χ1n) is 8.03. The summed E-state index contributed by atoms with van der Waals surface area (Å²) in [4.78, 5) is 4.55. The highest BCUT2D eigenvalue weighted by Crippen LogP contribution is 2.31. The molecule has 1 aliphatic carbocycles. The highest BCUT2D eigenvalue weighted by Gasteiger charge is 2.26. The summed E-state index contributed by atoms with van der Waals surface area (Å²) in [6, 6.07) is 0.195. The molecule has 1 aromatic heterocycles. The van der Waals surface area contributed by atoms with E-state index in [9.17, 15) is 0 Å². The van der Waals surface area contributed by atoms with Gasteiger partial charge in [-0.3, -0.25) is 0 Å². The number of aromatic nitrogens is 2. The maximum Gasteiger partial charge on any atom is 0.229 e.